The molecule has 0 aliphatic carbocycles. The van der Waals surface area contributed by atoms with E-state index in [2.05, 4.69) is 5.32 Å². The number of aliphatic carboxylic acids is 1. The van der Waals surface area contributed by atoms with Crippen molar-refractivity contribution in [3.8, 4) is 5.75 Å². The molecule has 4 nitrogen and oxygen atoms in total. The number of hydrogen-bond donors (Lipinski definition) is 3. The van der Waals surface area contributed by atoms with Crippen molar-refractivity contribution in [3.63, 3.8) is 0 Å². The lowest BCUT2D eigenvalue weighted by atomic mass is 10.1. The van der Waals surface area contributed by atoms with Gasteiger partial charge < -0.3 is 15.5 Å². The van der Waals surface area contributed by atoms with E-state index in [1.165, 1.54) is 42.5 Å². The third-order valence-corrected chi connectivity index (χ3v) is 3.01. The van der Waals surface area contributed by atoms with Gasteiger partial charge in [0.1, 0.15) is 11.6 Å². The van der Waals surface area contributed by atoms with E-state index < -0.39 is 17.8 Å². The molecule has 0 fully saturated rings. The lowest BCUT2D eigenvalue weighted by molar-refractivity contribution is -0.138. The predicted molar refractivity (Wildman–Crippen MR) is 73.5 cm³/mol. The number of phenols is 1. The van der Waals surface area contributed by atoms with Crippen molar-refractivity contribution in [1.29, 1.82) is 0 Å². The number of phenolic OH excluding ortho intramolecular Hbond substituents is 1. The van der Waals surface area contributed by atoms with Crippen molar-refractivity contribution >= 4 is 23.3 Å². The quantitative estimate of drug-likeness (QED) is 0.808. The van der Waals surface area contributed by atoms with Crippen molar-refractivity contribution in [3.05, 3.63) is 58.9 Å². The zero-order chi connectivity index (χ0) is 14.7. The van der Waals surface area contributed by atoms with Crippen LogP contribution in [0.15, 0.2) is 42.5 Å². The summed E-state index contributed by atoms with van der Waals surface area (Å²) in [6.07, 6.45) is 0. The number of benzene rings is 2. The fraction of sp³-hybridized carbons (Fsp3) is 0.0714. The summed E-state index contributed by atoms with van der Waals surface area (Å²) in [5.41, 5.74) is 0.840. The van der Waals surface area contributed by atoms with Crippen LogP contribution < -0.4 is 5.32 Å². The van der Waals surface area contributed by atoms with Crippen LogP contribution in [0.2, 0.25) is 5.02 Å². The van der Waals surface area contributed by atoms with Crippen molar-refractivity contribution in [2.24, 2.45) is 0 Å². The number of halogens is 2. The monoisotopic (exact) mass is 295 g/mol. The topological polar surface area (TPSA) is 69.6 Å². The molecule has 0 aliphatic heterocycles. The Bertz CT molecular complexity index is 631. The molecule has 2 aromatic carbocycles. The third kappa shape index (κ3) is 3.19. The summed E-state index contributed by atoms with van der Waals surface area (Å²) in [5.74, 6) is -1.65. The number of anilines is 1. The van der Waals surface area contributed by atoms with E-state index in [1.807, 2.05) is 0 Å². The summed E-state index contributed by atoms with van der Waals surface area (Å²) in [4.78, 5) is 11.3. The number of carboxylic acid groups (broad SMARTS) is 1. The summed E-state index contributed by atoms with van der Waals surface area (Å²) in [6.45, 7) is 0. The van der Waals surface area contributed by atoms with Gasteiger partial charge >= 0.3 is 5.97 Å². The molecule has 0 radical (unpaired) electrons. The van der Waals surface area contributed by atoms with Gasteiger partial charge in [-0.05, 0) is 42.0 Å². The standard InChI is InChI=1S/C14H11ClFNO3/c15-11-7-8(1-6-12(11)18)13(14(19)20)17-10-4-2-9(16)3-5-10/h1-7,13,17-18H,(H,19,20). The SMILES string of the molecule is O=C(O)C(Nc1ccc(F)cc1)c1ccc(O)c(Cl)c1. The Balaban J connectivity index is 2.29. The number of aromatic hydroxyl groups is 1. The minimum absolute atomic E-state index is 0.0645. The normalized spacial score (nSPS) is 11.9. The maximum absolute atomic E-state index is 12.8. The van der Waals surface area contributed by atoms with Gasteiger partial charge in [0.2, 0.25) is 0 Å². The predicted octanol–water partition coefficient (Wildman–Crippen LogP) is 3.42. The zero-order valence-corrected chi connectivity index (χ0v) is 10.9. The summed E-state index contributed by atoms with van der Waals surface area (Å²) in [6, 6.07) is 8.41. The largest absolute Gasteiger partial charge is 0.506 e. The highest BCUT2D eigenvalue weighted by Gasteiger charge is 2.20. The van der Waals surface area contributed by atoms with Gasteiger partial charge in [-0.3, -0.25) is 0 Å². The van der Waals surface area contributed by atoms with E-state index in [0.717, 1.165) is 0 Å². The summed E-state index contributed by atoms with van der Waals surface area (Å²) in [5, 5.41) is 21.4. The highest BCUT2D eigenvalue weighted by atomic mass is 35.5. The Morgan fingerprint density at radius 3 is 2.40 bits per heavy atom. The minimum Gasteiger partial charge on any atom is -0.506 e. The summed E-state index contributed by atoms with van der Waals surface area (Å²) >= 11 is 5.77. The van der Waals surface area contributed by atoms with E-state index in [4.69, 9.17) is 11.6 Å². The van der Waals surface area contributed by atoms with Crippen LogP contribution in [-0.4, -0.2) is 16.2 Å². The van der Waals surface area contributed by atoms with Gasteiger partial charge in [-0.25, -0.2) is 9.18 Å². The lowest BCUT2D eigenvalue weighted by Crippen LogP contribution is -2.20. The van der Waals surface area contributed by atoms with Gasteiger partial charge in [0, 0.05) is 5.69 Å². The number of nitrogens with one attached hydrogen (secondary N) is 1. The first kappa shape index (κ1) is 14.1. The van der Waals surface area contributed by atoms with Gasteiger partial charge in [-0.1, -0.05) is 17.7 Å². The third-order valence-electron chi connectivity index (χ3n) is 2.71. The Labute approximate surface area is 119 Å². The molecular formula is C14H11ClFNO3. The molecule has 20 heavy (non-hydrogen) atoms. The van der Waals surface area contributed by atoms with Gasteiger partial charge in [0.25, 0.3) is 0 Å². The first-order valence-electron chi connectivity index (χ1n) is 5.70. The molecule has 3 N–H and O–H groups in total. The molecule has 0 spiro atoms. The lowest BCUT2D eigenvalue weighted by Gasteiger charge is -2.16. The Morgan fingerprint density at radius 2 is 1.85 bits per heavy atom. The maximum atomic E-state index is 12.8. The van der Waals surface area contributed by atoms with Gasteiger partial charge in [-0.2, -0.15) is 0 Å². The van der Waals surface area contributed by atoms with Crippen LogP contribution in [0.4, 0.5) is 10.1 Å². The van der Waals surface area contributed by atoms with Crippen LogP contribution in [0.5, 0.6) is 5.75 Å². The maximum Gasteiger partial charge on any atom is 0.330 e. The van der Waals surface area contributed by atoms with Crippen LogP contribution >= 0.6 is 11.6 Å². The Hall–Kier alpha value is -2.27. The molecule has 0 aromatic heterocycles. The molecule has 0 aliphatic rings. The summed E-state index contributed by atoms with van der Waals surface area (Å²) < 4.78 is 12.8. The minimum atomic E-state index is -1.11. The molecule has 1 unspecified atom stereocenters. The van der Waals surface area contributed by atoms with Crippen LogP contribution in [0.1, 0.15) is 11.6 Å². The van der Waals surface area contributed by atoms with E-state index in [1.54, 1.807) is 0 Å². The summed E-state index contributed by atoms with van der Waals surface area (Å²) in [7, 11) is 0. The number of carboxylic acids is 1. The number of carbonyl (C=O) groups is 1. The molecule has 0 saturated heterocycles. The van der Waals surface area contributed by atoms with E-state index in [0.29, 0.717) is 11.3 Å². The van der Waals surface area contributed by atoms with Crippen LogP contribution in [0.25, 0.3) is 0 Å². The van der Waals surface area contributed by atoms with E-state index in [9.17, 15) is 19.4 Å². The van der Waals surface area contributed by atoms with Crippen LogP contribution in [0.3, 0.4) is 0 Å². The second-order valence-corrected chi connectivity index (χ2v) is 4.54. The van der Waals surface area contributed by atoms with Gasteiger partial charge in [0.05, 0.1) is 5.02 Å². The molecule has 0 amide bonds. The molecule has 0 saturated carbocycles. The van der Waals surface area contributed by atoms with Gasteiger partial charge in [-0.15, -0.1) is 0 Å². The zero-order valence-electron chi connectivity index (χ0n) is 10.2. The average molecular weight is 296 g/mol. The molecule has 0 heterocycles. The molecule has 104 valence electrons. The highest BCUT2D eigenvalue weighted by Crippen LogP contribution is 2.28. The number of rotatable bonds is 4. The first-order valence-corrected chi connectivity index (χ1v) is 6.08. The first-order chi connectivity index (χ1) is 9.47. The van der Waals surface area contributed by atoms with Crippen molar-refractivity contribution in [2.75, 3.05) is 5.32 Å². The number of hydrogen-bond acceptors (Lipinski definition) is 3. The van der Waals surface area contributed by atoms with Crippen molar-refractivity contribution in [2.45, 2.75) is 6.04 Å². The van der Waals surface area contributed by atoms with Crippen LogP contribution in [0, 0.1) is 5.82 Å². The fourth-order valence-corrected chi connectivity index (χ4v) is 1.89. The molecule has 0 bridgehead atoms. The second kappa shape index (κ2) is 5.79. The van der Waals surface area contributed by atoms with E-state index in [-0.39, 0.29) is 10.8 Å². The average Bonchev–Trinajstić information content (AvgIpc) is 2.41. The Morgan fingerprint density at radius 1 is 1.20 bits per heavy atom. The molecular weight excluding hydrogens is 285 g/mol. The highest BCUT2D eigenvalue weighted by molar-refractivity contribution is 6.32. The van der Waals surface area contributed by atoms with Crippen molar-refractivity contribution < 1.29 is 19.4 Å². The second-order valence-electron chi connectivity index (χ2n) is 4.13. The smallest absolute Gasteiger partial charge is 0.330 e. The molecule has 2 aromatic rings. The Kier molecular flexibility index (Phi) is 4.10. The van der Waals surface area contributed by atoms with Gasteiger partial charge in [0.15, 0.2) is 6.04 Å². The van der Waals surface area contributed by atoms with Crippen molar-refractivity contribution in [1.82, 2.24) is 0 Å². The fourth-order valence-electron chi connectivity index (χ4n) is 1.70. The van der Waals surface area contributed by atoms with E-state index >= 15 is 0 Å². The molecule has 6 heteroatoms. The van der Waals surface area contributed by atoms with Crippen LogP contribution in [-0.2, 0) is 4.79 Å². The molecule has 1 atom stereocenters. The molecule has 2 rings (SSSR count).